The van der Waals surface area contributed by atoms with E-state index in [1.54, 1.807) is 23.9 Å². The molecule has 0 saturated carbocycles. The molecule has 0 aliphatic heterocycles. The number of ether oxygens (including phenoxy) is 1. The largest absolute Gasteiger partial charge is 0.508 e. The maximum atomic E-state index is 9.26. The summed E-state index contributed by atoms with van der Waals surface area (Å²) in [5, 5.41) is 24.7. The molecule has 0 radical (unpaired) electrons. The molecule has 0 bridgehead atoms. The van der Waals surface area contributed by atoms with Crippen molar-refractivity contribution in [3.8, 4) is 22.9 Å². The summed E-state index contributed by atoms with van der Waals surface area (Å²) in [5.41, 5.74) is 3.91. The summed E-state index contributed by atoms with van der Waals surface area (Å²) in [6.07, 6.45) is 3.80. The minimum Gasteiger partial charge on any atom is -0.508 e. The Morgan fingerprint density at radius 2 is 1.00 bits per heavy atom. The van der Waals surface area contributed by atoms with Crippen LogP contribution in [0.1, 0.15) is 0 Å². The molecule has 0 amide bonds. The second-order valence-corrected chi connectivity index (χ2v) is 8.49. The molecule has 3 N–H and O–H groups in total. The standard InChI is InChI=1S/C16H15N3O.C15H13N3O/c1-20-15-9-7-14(8-10-15)19-12-11-16(18-19)17-13-5-3-2-4-6-13;19-14-8-6-13(7-9-14)18-11-10-15(17-18)16-12-4-2-1-3-5-12/h2-12H,1H3,(H,17,18);1-11,19H,(H,16,17). The van der Waals surface area contributed by atoms with Gasteiger partial charge in [-0.15, -0.1) is 0 Å². The number of hydrogen-bond acceptors (Lipinski definition) is 6. The topological polar surface area (TPSA) is 89.2 Å². The van der Waals surface area contributed by atoms with Crippen molar-refractivity contribution in [3.63, 3.8) is 0 Å². The first-order chi connectivity index (χ1) is 19.2. The number of benzene rings is 4. The van der Waals surface area contributed by atoms with Gasteiger partial charge in [-0.05, 0) is 72.8 Å². The summed E-state index contributed by atoms with van der Waals surface area (Å²) < 4.78 is 8.73. The molecule has 6 rings (SSSR count). The molecule has 0 saturated heterocycles. The molecule has 6 aromatic rings. The number of phenols is 1. The number of methoxy groups -OCH3 is 1. The van der Waals surface area contributed by atoms with E-state index in [0.717, 1.165) is 40.1 Å². The third kappa shape index (κ3) is 6.84. The molecule has 0 aliphatic carbocycles. The maximum absolute atomic E-state index is 9.26. The average molecular weight is 517 g/mol. The lowest BCUT2D eigenvalue weighted by molar-refractivity contribution is 0.414. The summed E-state index contributed by atoms with van der Waals surface area (Å²) in [5.74, 6) is 2.67. The Bertz CT molecular complexity index is 1580. The van der Waals surface area contributed by atoms with Crippen LogP contribution in [0, 0.1) is 0 Å². The van der Waals surface area contributed by atoms with Crippen molar-refractivity contribution >= 4 is 23.0 Å². The van der Waals surface area contributed by atoms with Gasteiger partial charge in [0.15, 0.2) is 11.6 Å². The molecule has 0 atom stereocenters. The second kappa shape index (κ2) is 12.2. The van der Waals surface area contributed by atoms with Crippen molar-refractivity contribution in [2.45, 2.75) is 0 Å². The lowest BCUT2D eigenvalue weighted by atomic mass is 10.3. The Labute approximate surface area is 226 Å². The van der Waals surface area contributed by atoms with E-state index in [9.17, 15) is 5.11 Å². The van der Waals surface area contributed by atoms with Gasteiger partial charge in [0.2, 0.25) is 0 Å². The zero-order valence-corrected chi connectivity index (χ0v) is 21.3. The van der Waals surface area contributed by atoms with E-state index in [-0.39, 0.29) is 5.75 Å². The van der Waals surface area contributed by atoms with Crippen molar-refractivity contribution in [3.05, 3.63) is 134 Å². The van der Waals surface area contributed by atoms with E-state index in [4.69, 9.17) is 4.74 Å². The number of para-hydroxylation sites is 2. The molecule has 0 spiro atoms. The van der Waals surface area contributed by atoms with Crippen LogP contribution in [-0.2, 0) is 0 Å². The summed E-state index contributed by atoms with van der Waals surface area (Å²) in [4.78, 5) is 0. The predicted octanol–water partition coefficient (Wildman–Crippen LogP) is 6.95. The third-order valence-corrected chi connectivity index (χ3v) is 5.72. The van der Waals surface area contributed by atoms with Crippen LogP contribution in [0.15, 0.2) is 134 Å². The van der Waals surface area contributed by atoms with E-state index in [1.165, 1.54) is 0 Å². The number of nitrogens with one attached hydrogen (secondary N) is 2. The number of aromatic nitrogens is 4. The van der Waals surface area contributed by atoms with Crippen LogP contribution in [0.4, 0.5) is 23.0 Å². The highest BCUT2D eigenvalue weighted by Gasteiger charge is 2.03. The van der Waals surface area contributed by atoms with E-state index >= 15 is 0 Å². The molecule has 39 heavy (non-hydrogen) atoms. The SMILES string of the molecule is COc1ccc(-n2ccc(Nc3ccccc3)n2)cc1.Oc1ccc(-n2ccc(Nc3ccccc3)n2)cc1. The van der Waals surface area contributed by atoms with Gasteiger partial charge in [-0.25, -0.2) is 9.36 Å². The van der Waals surface area contributed by atoms with E-state index in [0.29, 0.717) is 0 Å². The molecule has 8 nitrogen and oxygen atoms in total. The molecular weight excluding hydrogens is 488 g/mol. The molecule has 4 aromatic carbocycles. The van der Waals surface area contributed by atoms with Crippen LogP contribution in [-0.4, -0.2) is 31.8 Å². The minimum atomic E-state index is 0.249. The fourth-order valence-corrected chi connectivity index (χ4v) is 3.75. The Morgan fingerprint density at radius 3 is 1.44 bits per heavy atom. The molecule has 0 aliphatic rings. The Kier molecular flexibility index (Phi) is 7.84. The lowest BCUT2D eigenvalue weighted by Gasteiger charge is -2.04. The van der Waals surface area contributed by atoms with Crippen molar-refractivity contribution in [2.75, 3.05) is 17.7 Å². The summed E-state index contributed by atoms with van der Waals surface area (Å²) in [6, 6.07) is 38.4. The van der Waals surface area contributed by atoms with Crippen molar-refractivity contribution in [2.24, 2.45) is 0 Å². The number of rotatable bonds is 7. The van der Waals surface area contributed by atoms with Crippen molar-refractivity contribution in [1.82, 2.24) is 19.6 Å². The third-order valence-electron chi connectivity index (χ3n) is 5.72. The van der Waals surface area contributed by atoms with Gasteiger partial charge in [-0.3, -0.25) is 0 Å². The summed E-state index contributed by atoms with van der Waals surface area (Å²) in [7, 11) is 1.66. The monoisotopic (exact) mass is 516 g/mol. The predicted molar refractivity (Wildman–Crippen MR) is 155 cm³/mol. The zero-order chi connectivity index (χ0) is 26.9. The number of phenolic OH excluding ortho intramolecular Hbond substituents is 1. The quantitative estimate of drug-likeness (QED) is 0.213. The van der Waals surface area contributed by atoms with Gasteiger partial charge >= 0.3 is 0 Å². The first-order valence-corrected chi connectivity index (χ1v) is 12.4. The van der Waals surface area contributed by atoms with Crippen molar-refractivity contribution in [1.29, 1.82) is 0 Å². The maximum Gasteiger partial charge on any atom is 0.152 e. The normalized spacial score (nSPS) is 10.3. The molecule has 0 unspecified atom stereocenters. The fraction of sp³-hybridized carbons (Fsp3) is 0.0323. The van der Waals surface area contributed by atoms with Gasteiger partial charge in [0.05, 0.1) is 18.5 Å². The van der Waals surface area contributed by atoms with Crippen LogP contribution in [0.25, 0.3) is 11.4 Å². The second-order valence-electron chi connectivity index (χ2n) is 8.49. The van der Waals surface area contributed by atoms with Crippen LogP contribution >= 0.6 is 0 Å². The Balaban J connectivity index is 0.000000158. The van der Waals surface area contributed by atoms with Crippen molar-refractivity contribution < 1.29 is 9.84 Å². The zero-order valence-electron chi connectivity index (χ0n) is 21.3. The van der Waals surface area contributed by atoms with E-state index < -0.39 is 0 Å². The Hall–Kier alpha value is -5.50. The molecule has 194 valence electrons. The number of hydrogen-bond donors (Lipinski definition) is 3. The average Bonchev–Trinajstić information content (AvgIpc) is 3.65. The first-order valence-electron chi connectivity index (χ1n) is 12.4. The number of aromatic hydroxyl groups is 1. The number of anilines is 4. The van der Waals surface area contributed by atoms with Crippen LogP contribution in [0.3, 0.4) is 0 Å². The Morgan fingerprint density at radius 1 is 0.564 bits per heavy atom. The van der Waals surface area contributed by atoms with Gasteiger partial charge in [-0.1, -0.05) is 36.4 Å². The molecule has 2 heterocycles. The summed E-state index contributed by atoms with van der Waals surface area (Å²) >= 11 is 0. The highest BCUT2D eigenvalue weighted by Crippen LogP contribution is 2.19. The smallest absolute Gasteiger partial charge is 0.152 e. The summed E-state index contributed by atoms with van der Waals surface area (Å²) in [6.45, 7) is 0. The number of nitrogens with zero attached hydrogens (tertiary/aromatic N) is 4. The van der Waals surface area contributed by atoms with Gasteiger partial charge in [-0.2, -0.15) is 10.2 Å². The minimum absolute atomic E-state index is 0.249. The highest BCUT2D eigenvalue weighted by molar-refractivity contribution is 5.56. The molecule has 8 heteroatoms. The molecular formula is C31H28N6O2. The lowest BCUT2D eigenvalue weighted by Crippen LogP contribution is -1.97. The van der Waals surface area contributed by atoms with Gasteiger partial charge in [0.1, 0.15) is 11.5 Å². The van der Waals surface area contributed by atoms with Gasteiger partial charge in [0, 0.05) is 35.9 Å². The molecule has 0 fully saturated rings. The fourth-order valence-electron chi connectivity index (χ4n) is 3.75. The first kappa shape index (κ1) is 25.2. The van der Waals surface area contributed by atoms with Crippen LogP contribution in [0.2, 0.25) is 0 Å². The van der Waals surface area contributed by atoms with Gasteiger partial charge < -0.3 is 20.5 Å². The van der Waals surface area contributed by atoms with Crippen LogP contribution < -0.4 is 15.4 Å². The van der Waals surface area contributed by atoms with E-state index in [1.807, 2.05) is 126 Å². The van der Waals surface area contributed by atoms with Crippen LogP contribution in [0.5, 0.6) is 11.5 Å². The van der Waals surface area contributed by atoms with E-state index in [2.05, 4.69) is 20.8 Å². The highest BCUT2D eigenvalue weighted by atomic mass is 16.5. The molecule has 2 aromatic heterocycles. The van der Waals surface area contributed by atoms with Gasteiger partial charge in [0.25, 0.3) is 0 Å².